The molecule has 0 aromatic heterocycles. The predicted octanol–water partition coefficient (Wildman–Crippen LogP) is 0.136. The largest absolute Gasteiger partial charge is 0.481 e. The van der Waals surface area contributed by atoms with E-state index in [-0.39, 0.29) is 17.9 Å². The van der Waals surface area contributed by atoms with Crippen molar-refractivity contribution in [3.05, 3.63) is 0 Å². The Kier molecular flexibility index (Phi) is 4.45. The number of amides is 1. The molecule has 3 fully saturated rings. The van der Waals surface area contributed by atoms with Gasteiger partial charge in [0.15, 0.2) is 0 Å². The second-order valence-electron chi connectivity index (χ2n) is 6.49. The van der Waals surface area contributed by atoms with Crippen LogP contribution in [0.1, 0.15) is 32.1 Å². The molecule has 2 unspecified atom stereocenters. The molecule has 0 bridgehead atoms. The number of nitrogens with zero attached hydrogens (tertiary/aromatic N) is 2. The van der Waals surface area contributed by atoms with Gasteiger partial charge >= 0.3 is 5.97 Å². The zero-order chi connectivity index (χ0) is 14.8. The van der Waals surface area contributed by atoms with E-state index in [1.54, 1.807) is 4.90 Å². The molecule has 0 saturated carbocycles. The summed E-state index contributed by atoms with van der Waals surface area (Å²) < 4.78 is 0. The van der Waals surface area contributed by atoms with Crippen LogP contribution in [0.2, 0.25) is 0 Å². The van der Waals surface area contributed by atoms with Crippen molar-refractivity contribution in [1.29, 1.82) is 0 Å². The molecular weight excluding hydrogens is 270 g/mol. The zero-order valence-electron chi connectivity index (χ0n) is 12.5. The molecule has 3 aliphatic rings. The minimum absolute atomic E-state index is 0.0133. The number of carbonyl (C=O) groups excluding carboxylic acids is 1. The highest BCUT2D eigenvalue weighted by Gasteiger charge is 2.40. The van der Waals surface area contributed by atoms with Gasteiger partial charge in [-0.25, -0.2) is 0 Å². The van der Waals surface area contributed by atoms with Crippen LogP contribution in [0.5, 0.6) is 0 Å². The molecule has 0 aliphatic carbocycles. The van der Waals surface area contributed by atoms with E-state index >= 15 is 0 Å². The second kappa shape index (κ2) is 6.32. The molecule has 0 radical (unpaired) electrons. The van der Waals surface area contributed by atoms with E-state index in [9.17, 15) is 9.59 Å². The molecule has 2 N–H and O–H groups in total. The molecule has 0 aromatic carbocycles. The number of carbonyl (C=O) groups is 2. The van der Waals surface area contributed by atoms with E-state index < -0.39 is 5.97 Å². The molecule has 3 heterocycles. The Morgan fingerprint density at radius 3 is 2.48 bits per heavy atom. The van der Waals surface area contributed by atoms with Crippen LogP contribution in [0.4, 0.5) is 0 Å². The van der Waals surface area contributed by atoms with Gasteiger partial charge in [0, 0.05) is 19.1 Å². The number of hydrogen-bond acceptors (Lipinski definition) is 4. The molecule has 3 aliphatic heterocycles. The minimum atomic E-state index is -0.771. The first-order valence-corrected chi connectivity index (χ1v) is 8.15. The summed E-state index contributed by atoms with van der Waals surface area (Å²) in [6.07, 6.45) is 4.83. The number of carboxylic acids is 1. The van der Waals surface area contributed by atoms with Gasteiger partial charge in [0.2, 0.25) is 5.91 Å². The van der Waals surface area contributed by atoms with Crippen LogP contribution >= 0.6 is 0 Å². The summed E-state index contributed by atoms with van der Waals surface area (Å²) in [5.41, 5.74) is 0. The Hall–Kier alpha value is -1.14. The molecule has 0 aromatic rings. The summed E-state index contributed by atoms with van der Waals surface area (Å²) in [4.78, 5) is 28.0. The number of rotatable bonds is 3. The number of aliphatic carboxylic acids is 1. The maximum Gasteiger partial charge on any atom is 0.308 e. The summed E-state index contributed by atoms with van der Waals surface area (Å²) in [6.45, 7) is 4.08. The molecule has 3 saturated heterocycles. The molecule has 21 heavy (non-hydrogen) atoms. The number of likely N-dealkylation sites (tertiary alicyclic amines) is 2. The SMILES string of the molecule is O=C(O)C1CCN(C(=O)C2CCCN2C2CCNCC2)C1. The van der Waals surface area contributed by atoms with Gasteiger partial charge in [0.1, 0.15) is 0 Å². The number of piperidine rings is 1. The third-order valence-corrected chi connectivity index (χ3v) is 5.21. The summed E-state index contributed by atoms with van der Waals surface area (Å²) in [6, 6.07) is 0.501. The van der Waals surface area contributed by atoms with Crippen LogP contribution in [-0.2, 0) is 9.59 Å². The van der Waals surface area contributed by atoms with E-state index in [0.717, 1.165) is 45.3 Å². The minimum Gasteiger partial charge on any atom is -0.481 e. The normalized spacial score (nSPS) is 31.7. The second-order valence-corrected chi connectivity index (χ2v) is 6.49. The maximum atomic E-state index is 12.7. The van der Waals surface area contributed by atoms with Gasteiger partial charge in [0.05, 0.1) is 12.0 Å². The van der Waals surface area contributed by atoms with Crippen LogP contribution in [-0.4, -0.2) is 71.6 Å². The number of nitrogens with one attached hydrogen (secondary N) is 1. The first kappa shape index (κ1) is 14.8. The van der Waals surface area contributed by atoms with Crippen molar-refractivity contribution in [3.63, 3.8) is 0 Å². The first-order valence-electron chi connectivity index (χ1n) is 8.15. The molecule has 1 amide bonds. The van der Waals surface area contributed by atoms with Gasteiger partial charge in [-0.1, -0.05) is 0 Å². The van der Waals surface area contributed by atoms with Crippen LogP contribution in [0.15, 0.2) is 0 Å². The van der Waals surface area contributed by atoms with Crippen molar-refractivity contribution < 1.29 is 14.7 Å². The van der Waals surface area contributed by atoms with Crippen molar-refractivity contribution in [1.82, 2.24) is 15.1 Å². The summed E-state index contributed by atoms with van der Waals surface area (Å²) in [5.74, 6) is -0.982. The van der Waals surface area contributed by atoms with Crippen LogP contribution in [0.3, 0.4) is 0 Å². The first-order chi connectivity index (χ1) is 10.2. The average Bonchev–Trinajstić information content (AvgIpc) is 3.17. The van der Waals surface area contributed by atoms with E-state index in [1.165, 1.54) is 0 Å². The lowest BCUT2D eigenvalue weighted by Gasteiger charge is -2.36. The highest BCUT2D eigenvalue weighted by molar-refractivity contribution is 5.83. The molecule has 118 valence electrons. The monoisotopic (exact) mass is 295 g/mol. The Bertz CT molecular complexity index is 409. The summed E-state index contributed by atoms with van der Waals surface area (Å²) in [5, 5.41) is 12.4. The van der Waals surface area contributed by atoms with E-state index in [4.69, 9.17) is 5.11 Å². The van der Waals surface area contributed by atoms with Gasteiger partial charge in [-0.3, -0.25) is 14.5 Å². The lowest BCUT2D eigenvalue weighted by molar-refractivity contribution is -0.141. The van der Waals surface area contributed by atoms with Gasteiger partial charge in [0.25, 0.3) is 0 Å². The standard InChI is InChI=1S/C15H25N3O3/c19-14(17-9-5-11(10-17)15(20)21)13-2-1-8-18(13)12-3-6-16-7-4-12/h11-13,16H,1-10H2,(H,20,21). The van der Waals surface area contributed by atoms with Crippen LogP contribution < -0.4 is 5.32 Å². The fourth-order valence-corrected chi connectivity index (χ4v) is 4.00. The van der Waals surface area contributed by atoms with Gasteiger partial charge in [-0.15, -0.1) is 0 Å². The van der Waals surface area contributed by atoms with Crippen molar-refractivity contribution in [2.24, 2.45) is 5.92 Å². The third-order valence-electron chi connectivity index (χ3n) is 5.21. The quantitative estimate of drug-likeness (QED) is 0.774. The smallest absolute Gasteiger partial charge is 0.308 e. The zero-order valence-corrected chi connectivity index (χ0v) is 12.5. The number of hydrogen-bond donors (Lipinski definition) is 2. The van der Waals surface area contributed by atoms with Gasteiger partial charge in [-0.05, 0) is 51.7 Å². The van der Waals surface area contributed by atoms with E-state index in [2.05, 4.69) is 10.2 Å². The molecule has 3 rings (SSSR count). The maximum absolute atomic E-state index is 12.7. The van der Waals surface area contributed by atoms with Crippen LogP contribution in [0.25, 0.3) is 0 Å². The Morgan fingerprint density at radius 2 is 1.81 bits per heavy atom. The Labute approximate surface area is 125 Å². The lowest BCUT2D eigenvalue weighted by Crippen LogP contribution is -2.51. The van der Waals surface area contributed by atoms with Crippen molar-refractivity contribution in [3.8, 4) is 0 Å². The Morgan fingerprint density at radius 1 is 1.05 bits per heavy atom. The molecule has 2 atom stereocenters. The molecular formula is C15H25N3O3. The number of carboxylic acid groups (broad SMARTS) is 1. The van der Waals surface area contributed by atoms with Gasteiger partial charge < -0.3 is 15.3 Å². The lowest BCUT2D eigenvalue weighted by atomic mass is 10.0. The van der Waals surface area contributed by atoms with Crippen molar-refractivity contribution in [2.75, 3.05) is 32.7 Å². The summed E-state index contributed by atoms with van der Waals surface area (Å²) >= 11 is 0. The topological polar surface area (TPSA) is 72.9 Å². The average molecular weight is 295 g/mol. The fourth-order valence-electron chi connectivity index (χ4n) is 4.00. The highest BCUT2D eigenvalue weighted by Crippen LogP contribution is 2.27. The van der Waals surface area contributed by atoms with Crippen molar-refractivity contribution >= 4 is 11.9 Å². The van der Waals surface area contributed by atoms with E-state index in [1.807, 2.05) is 0 Å². The predicted molar refractivity (Wildman–Crippen MR) is 77.9 cm³/mol. The van der Waals surface area contributed by atoms with E-state index in [0.29, 0.717) is 25.6 Å². The Balaban J connectivity index is 1.62. The van der Waals surface area contributed by atoms with Gasteiger partial charge in [-0.2, -0.15) is 0 Å². The third kappa shape index (κ3) is 3.06. The molecule has 6 nitrogen and oxygen atoms in total. The highest BCUT2D eigenvalue weighted by atomic mass is 16.4. The summed E-state index contributed by atoms with van der Waals surface area (Å²) in [7, 11) is 0. The molecule has 6 heteroatoms. The van der Waals surface area contributed by atoms with Crippen LogP contribution in [0, 0.1) is 5.92 Å². The van der Waals surface area contributed by atoms with Crippen molar-refractivity contribution in [2.45, 2.75) is 44.2 Å². The fraction of sp³-hybridized carbons (Fsp3) is 0.867. The molecule has 0 spiro atoms.